The van der Waals surface area contributed by atoms with E-state index in [1.165, 1.54) is 38.5 Å². The van der Waals surface area contributed by atoms with Gasteiger partial charge in [0.25, 0.3) is 0 Å². The van der Waals surface area contributed by atoms with Gasteiger partial charge in [-0.2, -0.15) is 4.98 Å². The van der Waals surface area contributed by atoms with E-state index >= 15 is 0 Å². The van der Waals surface area contributed by atoms with Crippen molar-refractivity contribution in [2.45, 2.75) is 117 Å². The molecule has 1 unspecified atom stereocenters. The minimum atomic E-state index is -0.778. The van der Waals surface area contributed by atoms with Crippen LogP contribution in [-0.2, 0) is 11.3 Å². The molecule has 0 spiro atoms. The monoisotopic (exact) mass is 421 g/mol. The minimum absolute atomic E-state index is 0.250. The van der Waals surface area contributed by atoms with Crippen LogP contribution in [0.5, 0.6) is 0 Å². The molecule has 0 aromatic carbocycles. The van der Waals surface area contributed by atoms with Gasteiger partial charge < -0.3 is 14.9 Å². The number of hydrogen-bond donors (Lipinski definition) is 2. The van der Waals surface area contributed by atoms with Crippen LogP contribution in [0.2, 0.25) is 0 Å². The molecule has 2 rings (SSSR count). The van der Waals surface area contributed by atoms with Crippen LogP contribution in [0.25, 0.3) is 0 Å². The third-order valence-corrected chi connectivity index (χ3v) is 6.79. The molecule has 0 radical (unpaired) electrons. The van der Waals surface area contributed by atoms with E-state index in [1.54, 1.807) is 0 Å². The summed E-state index contributed by atoms with van der Waals surface area (Å²) in [6, 6.07) is 0.430. The summed E-state index contributed by atoms with van der Waals surface area (Å²) in [6.07, 6.45) is 11.7. The fourth-order valence-corrected chi connectivity index (χ4v) is 4.98. The molecule has 1 aromatic heterocycles. The SMILES string of the molecule is CCC(CC)NCc1noc([C@H](CCCC2CCCCC2)C(C(=O)O)C(C)(C)C)n1. The summed E-state index contributed by atoms with van der Waals surface area (Å²) in [5.74, 6) is 0.319. The second kappa shape index (κ2) is 11.8. The summed E-state index contributed by atoms with van der Waals surface area (Å²) in [4.78, 5) is 16.9. The highest BCUT2D eigenvalue weighted by molar-refractivity contribution is 5.72. The summed E-state index contributed by atoms with van der Waals surface area (Å²) >= 11 is 0. The average Bonchev–Trinajstić information content (AvgIpc) is 3.16. The molecule has 0 bridgehead atoms. The smallest absolute Gasteiger partial charge is 0.307 e. The highest BCUT2D eigenvalue weighted by Crippen LogP contribution is 2.41. The van der Waals surface area contributed by atoms with Gasteiger partial charge in [0.2, 0.25) is 5.89 Å². The van der Waals surface area contributed by atoms with E-state index in [4.69, 9.17) is 4.52 Å². The summed E-state index contributed by atoms with van der Waals surface area (Å²) in [7, 11) is 0. The van der Waals surface area contributed by atoms with E-state index in [0.717, 1.165) is 31.6 Å². The Hall–Kier alpha value is -1.43. The molecule has 0 saturated heterocycles. The maximum absolute atomic E-state index is 12.2. The van der Waals surface area contributed by atoms with Crippen LogP contribution in [0, 0.1) is 17.3 Å². The van der Waals surface area contributed by atoms with Crippen LogP contribution >= 0.6 is 0 Å². The van der Waals surface area contributed by atoms with E-state index in [2.05, 4.69) is 29.3 Å². The Balaban J connectivity index is 2.11. The molecule has 1 aliphatic rings. The van der Waals surface area contributed by atoms with Crippen LogP contribution in [0.3, 0.4) is 0 Å². The van der Waals surface area contributed by atoms with Crippen LogP contribution in [0.1, 0.15) is 116 Å². The highest BCUT2D eigenvalue weighted by Gasteiger charge is 2.41. The largest absolute Gasteiger partial charge is 0.481 e. The normalized spacial score (nSPS) is 17.9. The van der Waals surface area contributed by atoms with Gasteiger partial charge in [-0.3, -0.25) is 4.79 Å². The Labute approximate surface area is 182 Å². The van der Waals surface area contributed by atoms with Crippen molar-refractivity contribution in [1.29, 1.82) is 0 Å². The predicted molar refractivity (Wildman–Crippen MR) is 119 cm³/mol. The van der Waals surface area contributed by atoms with Crippen molar-refractivity contribution in [3.8, 4) is 0 Å². The highest BCUT2D eigenvalue weighted by atomic mass is 16.5. The van der Waals surface area contributed by atoms with Gasteiger partial charge in [0, 0.05) is 6.04 Å². The topological polar surface area (TPSA) is 88.2 Å². The summed E-state index contributed by atoms with van der Waals surface area (Å²) in [5.41, 5.74) is -0.385. The van der Waals surface area contributed by atoms with Gasteiger partial charge in [-0.1, -0.05) is 84.7 Å². The molecule has 6 heteroatoms. The molecule has 30 heavy (non-hydrogen) atoms. The first-order valence-corrected chi connectivity index (χ1v) is 12.0. The van der Waals surface area contributed by atoms with Gasteiger partial charge in [0.05, 0.1) is 18.4 Å². The molecule has 1 aliphatic carbocycles. The van der Waals surface area contributed by atoms with E-state index in [9.17, 15) is 9.90 Å². The number of hydrogen-bond acceptors (Lipinski definition) is 5. The lowest BCUT2D eigenvalue weighted by Crippen LogP contribution is -2.34. The van der Waals surface area contributed by atoms with E-state index < -0.39 is 11.9 Å². The lowest BCUT2D eigenvalue weighted by molar-refractivity contribution is -0.147. The summed E-state index contributed by atoms with van der Waals surface area (Å²) in [5, 5.41) is 17.6. The number of carboxylic acids is 1. The lowest BCUT2D eigenvalue weighted by Gasteiger charge is -2.32. The van der Waals surface area contributed by atoms with Crippen molar-refractivity contribution >= 4 is 5.97 Å². The fraction of sp³-hybridized carbons (Fsp3) is 0.875. The van der Waals surface area contributed by atoms with Crippen molar-refractivity contribution < 1.29 is 14.4 Å². The van der Waals surface area contributed by atoms with Crippen molar-refractivity contribution in [2.24, 2.45) is 17.3 Å². The molecule has 0 aliphatic heterocycles. The third kappa shape index (κ3) is 7.36. The van der Waals surface area contributed by atoms with Crippen LogP contribution < -0.4 is 5.32 Å². The van der Waals surface area contributed by atoms with Crippen LogP contribution in [0.4, 0.5) is 0 Å². The quantitative estimate of drug-likeness (QED) is 0.435. The van der Waals surface area contributed by atoms with Crippen LogP contribution in [-0.4, -0.2) is 27.3 Å². The number of carboxylic acid groups (broad SMARTS) is 1. The standard InChI is InChI=1S/C24H43N3O3/c1-6-18(7-2)25-16-20-26-22(30-27-20)19(21(23(28)29)24(3,4)5)15-11-14-17-12-9-8-10-13-17/h17-19,21,25H,6-16H2,1-5H3,(H,28,29)/t19-,21?/m1/s1. The molecule has 1 saturated carbocycles. The summed E-state index contributed by atoms with van der Waals surface area (Å²) in [6.45, 7) is 10.8. The van der Waals surface area contributed by atoms with Crippen LogP contribution in [0.15, 0.2) is 4.52 Å². The first-order chi connectivity index (χ1) is 14.3. The Kier molecular flexibility index (Phi) is 9.79. The Morgan fingerprint density at radius 2 is 1.87 bits per heavy atom. The zero-order chi connectivity index (χ0) is 22.1. The molecule has 6 nitrogen and oxygen atoms in total. The third-order valence-electron chi connectivity index (χ3n) is 6.79. The first-order valence-electron chi connectivity index (χ1n) is 12.0. The number of aromatic nitrogens is 2. The van der Waals surface area contributed by atoms with Gasteiger partial charge in [-0.15, -0.1) is 0 Å². The van der Waals surface area contributed by atoms with Gasteiger partial charge in [-0.05, 0) is 30.6 Å². The fourth-order valence-electron chi connectivity index (χ4n) is 4.98. The second-order valence-corrected chi connectivity index (χ2v) is 10.2. The Morgan fingerprint density at radius 3 is 2.43 bits per heavy atom. The summed E-state index contributed by atoms with van der Waals surface area (Å²) < 4.78 is 5.63. The zero-order valence-electron chi connectivity index (χ0n) is 19.7. The van der Waals surface area contributed by atoms with Gasteiger partial charge in [0.1, 0.15) is 0 Å². The average molecular weight is 422 g/mol. The van der Waals surface area contributed by atoms with Gasteiger partial charge in [0.15, 0.2) is 5.82 Å². The number of nitrogens with one attached hydrogen (secondary N) is 1. The van der Waals surface area contributed by atoms with E-state index in [1.807, 2.05) is 20.8 Å². The molecular weight excluding hydrogens is 378 g/mol. The molecule has 2 N–H and O–H groups in total. The van der Waals surface area contributed by atoms with E-state index in [0.29, 0.717) is 24.3 Å². The lowest BCUT2D eigenvalue weighted by atomic mass is 9.71. The van der Waals surface area contributed by atoms with E-state index in [-0.39, 0.29) is 11.3 Å². The molecule has 0 amide bonds. The molecule has 1 aromatic rings. The molecule has 1 heterocycles. The van der Waals surface area contributed by atoms with Crippen molar-refractivity contribution in [3.05, 3.63) is 11.7 Å². The number of rotatable bonds is 12. The Bertz CT molecular complexity index is 628. The van der Waals surface area contributed by atoms with Crippen molar-refractivity contribution in [2.75, 3.05) is 0 Å². The molecular formula is C24H43N3O3. The maximum atomic E-state index is 12.2. The first kappa shape index (κ1) is 24.8. The second-order valence-electron chi connectivity index (χ2n) is 10.2. The Morgan fingerprint density at radius 1 is 1.20 bits per heavy atom. The number of aliphatic carboxylic acids is 1. The van der Waals surface area contributed by atoms with Crippen molar-refractivity contribution in [1.82, 2.24) is 15.5 Å². The molecule has 172 valence electrons. The van der Waals surface area contributed by atoms with Crippen molar-refractivity contribution in [3.63, 3.8) is 0 Å². The zero-order valence-corrected chi connectivity index (χ0v) is 19.7. The minimum Gasteiger partial charge on any atom is -0.481 e. The predicted octanol–water partition coefficient (Wildman–Crippen LogP) is 5.93. The number of carbonyl (C=O) groups is 1. The van der Waals surface area contributed by atoms with Gasteiger partial charge >= 0.3 is 5.97 Å². The maximum Gasteiger partial charge on any atom is 0.307 e. The molecule has 1 fully saturated rings. The van der Waals surface area contributed by atoms with Gasteiger partial charge in [-0.25, -0.2) is 0 Å². The molecule has 2 atom stereocenters. The number of nitrogens with zero attached hydrogens (tertiary/aromatic N) is 2.